The second-order valence-electron chi connectivity index (χ2n) is 10.3. The number of aromatic nitrogens is 2. The van der Waals surface area contributed by atoms with Crippen LogP contribution in [-0.4, -0.2) is 67.3 Å². The van der Waals surface area contributed by atoms with Gasteiger partial charge in [0.2, 0.25) is 6.29 Å². The van der Waals surface area contributed by atoms with Crippen LogP contribution in [-0.2, 0) is 11.3 Å². The molecule has 0 amide bonds. The Morgan fingerprint density at radius 1 is 0.667 bits per heavy atom. The lowest BCUT2D eigenvalue weighted by atomic mass is 9.99. The van der Waals surface area contributed by atoms with Crippen LogP contribution in [0.5, 0.6) is 5.75 Å². The molecule has 214 valence electrons. The molecule has 5 unspecified atom stereocenters. The van der Waals surface area contributed by atoms with Crippen molar-refractivity contribution >= 4 is 0 Å². The molecule has 42 heavy (non-hydrogen) atoms. The maximum Gasteiger partial charge on any atom is 0.229 e. The molecule has 0 saturated carbocycles. The predicted molar refractivity (Wildman–Crippen MR) is 158 cm³/mol. The van der Waals surface area contributed by atoms with E-state index in [0.29, 0.717) is 12.3 Å². The third-order valence-corrected chi connectivity index (χ3v) is 7.46. The Morgan fingerprint density at radius 3 is 1.88 bits per heavy atom. The normalized spacial score (nSPS) is 22.1. The van der Waals surface area contributed by atoms with Crippen LogP contribution in [0.25, 0.3) is 33.9 Å². The first kappa shape index (κ1) is 27.8. The minimum Gasteiger partial charge on any atom is -0.462 e. The highest BCUT2D eigenvalue weighted by atomic mass is 16.7. The molecule has 0 aliphatic carbocycles. The topological polar surface area (TPSA) is 117 Å². The van der Waals surface area contributed by atoms with E-state index in [9.17, 15) is 20.4 Å². The zero-order valence-corrected chi connectivity index (χ0v) is 22.8. The van der Waals surface area contributed by atoms with Gasteiger partial charge in [0.25, 0.3) is 0 Å². The van der Waals surface area contributed by atoms with Crippen molar-refractivity contribution < 1.29 is 29.9 Å². The summed E-state index contributed by atoms with van der Waals surface area (Å²) >= 11 is 0. The van der Waals surface area contributed by atoms with Crippen LogP contribution < -0.4 is 4.74 Å². The van der Waals surface area contributed by atoms with Crippen LogP contribution in [0, 0.1) is 0 Å². The third-order valence-electron chi connectivity index (χ3n) is 7.46. The Balaban J connectivity index is 1.40. The van der Waals surface area contributed by atoms with Crippen LogP contribution in [0.15, 0.2) is 115 Å². The van der Waals surface area contributed by atoms with Gasteiger partial charge in [-0.2, -0.15) is 0 Å². The standard InChI is InChI=1S/C34H32N2O6/c37-21-27-30(38)31(39)32(40)34(42-27)41-26-18-16-25(17-19-26)33-35-28(23-12-6-2-7-13-23)29(24-14-8-3-9-15-24)36(33)20-22-10-4-1-5-11-22/h1-19,27,30-32,34,37-40H,20-21H2. The summed E-state index contributed by atoms with van der Waals surface area (Å²) in [5.74, 6) is 1.16. The Kier molecular flexibility index (Phi) is 8.14. The van der Waals surface area contributed by atoms with Gasteiger partial charge in [-0.3, -0.25) is 0 Å². The summed E-state index contributed by atoms with van der Waals surface area (Å²) in [4.78, 5) is 5.19. The summed E-state index contributed by atoms with van der Waals surface area (Å²) < 4.78 is 13.5. The molecular weight excluding hydrogens is 532 g/mol. The molecule has 1 aliphatic heterocycles. The van der Waals surface area contributed by atoms with Gasteiger partial charge >= 0.3 is 0 Å². The van der Waals surface area contributed by atoms with Gasteiger partial charge in [0.05, 0.1) is 18.0 Å². The summed E-state index contributed by atoms with van der Waals surface area (Å²) in [6, 6.07) is 37.8. The summed E-state index contributed by atoms with van der Waals surface area (Å²) in [6.45, 7) is 0.0741. The second-order valence-corrected chi connectivity index (χ2v) is 10.3. The van der Waals surface area contributed by atoms with E-state index >= 15 is 0 Å². The lowest BCUT2D eigenvalue weighted by Gasteiger charge is -2.39. The van der Waals surface area contributed by atoms with Gasteiger partial charge in [-0.05, 0) is 29.8 Å². The average molecular weight is 565 g/mol. The molecule has 1 saturated heterocycles. The fourth-order valence-corrected chi connectivity index (χ4v) is 5.26. The monoisotopic (exact) mass is 564 g/mol. The van der Waals surface area contributed by atoms with E-state index < -0.39 is 37.3 Å². The lowest BCUT2D eigenvalue weighted by molar-refractivity contribution is -0.277. The highest BCUT2D eigenvalue weighted by molar-refractivity contribution is 5.82. The second kappa shape index (κ2) is 12.3. The molecule has 8 nitrogen and oxygen atoms in total. The Morgan fingerprint density at radius 2 is 1.26 bits per heavy atom. The number of hydrogen-bond donors (Lipinski definition) is 4. The Bertz CT molecular complexity index is 1590. The number of aliphatic hydroxyl groups is 4. The average Bonchev–Trinajstić information content (AvgIpc) is 3.42. The summed E-state index contributed by atoms with van der Waals surface area (Å²) in [5.41, 5.74) is 5.92. The molecule has 1 aromatic heterocycles. The van der Waals surface area contributed by atoms with Crippen LogP contribution in [0.4, 0.5) is 0 Å². The van der Waals surface area contributed by atoms with Crippen LogP contribution in [0.1, 0.15) is 5.56 Å². The van der Waals surface area contributed by atoms with E-state index in [1.807, 2.05) is 66.7 Å². The van der Waals surface area contributed by atoms with Crippen molar-refractivity contribution in [3.05, 3.63) is 121 Å². The van der Waals surface area contributed by atoms with Gasteiger partial charge in [-0.1, -0.05) is 91.0 Å². The van der Waals surface area contributed by atoms with Gasteiger partial charge in [0, 0.05) is 23.2 Å². The largest absolute Gasteiger partial charge is 0.462 e. The third kappa shape index (κ3) is 5.59. The fourth-order valence-electron chi connectivity index (χ4n) is 5.26. The number of rotatable bonds is 8. The van der Waals surface area contributed by atoms with E-state index in [1.165, 1.54) is 0 Å². The van der Waals surface area contributed by atoms with Crippen molar-refractivity contribution in [1.29, 1.82) is 0 Å². The summed E-state index contributed by atoms with van der Waals surface area (Å²) in [7, 11) is 0. The fraction of sp³-hybridized carbons (Fsp3) is 0.206. The number of aliphatic hydroxyl groups excluding tert-OH is 4. The Labute approximate surface area is 243 Å². The van der Waals surface area contributed by atoms with Crippen molar-refractivity contribution in [3.63, 3.8) is 0 Å². The van der Waals surface area contributed by atoms with Crippen molar-refractivity contribution in [2.24, 2.45) is 0 Å². The smallest absolute Gasteiger partial charge is 0.229 e. The first-order valence-corrected chi connectivity index (χ1v) is 13.9. The van der Waals surface area contributed by atoms with Crippen LogP contribution in [0.2, 0.25) is 0 Å². The van der Waals surface area contributed by atoms with Crippen LogP contribution >= 0.6 is 0 Å². The zero-order chi connectivity index (χ0) is 29.1. The molecule has 4 N–H and O–H groups in total. The molecule has 2 heterocycles. The van der Waals surface area contributed by atoms with E-state index in [-0.39, 0.29) is 0 Å². The maximum absolute atomic E-state index is 10.4. The Hall–Kier alpha value is -4.31. The molecule has 1 aliphatic rings. The highest BCUT2D eigenvalue weighted by Gasteiger charge is 2.44. The number of hydrogen-bond acceptors (Lipinski definition) is 7. The first-order chi connectivity index (χ1) is 20.5. The molecule has 6 rings (SSSR count). The van der Waals surface area contributed by atoms with Crippen molar-refractivity contribution in [2.45, 2.75) is 37.3 Å². The van der Waals surface area contributed by atoms with Gasteiger partial charge < -0.3 is 34.5 Å². The molecule has 1 fully saturated rings. The number of nitrogens with zero attached hydrogens (tertiary/aromatic N) is 2. The van der Waals surface area contributed by atoms with Gasteiger partial charge in [0.15, 0.2) is 0 Å². The van der Waals surface area contributed by atoms with E-state index in [1.54, 1.807) is 12.1 Å². The van der Waals surface area contributed by atoms with Crippen molar-refractivity contribution in [3.8, 4) is 39.7 Å². The summed E-state index contributed by atoms with van der Waals surface area (Å²) in [6.07, 6.45) is -6.77. The quantitative estimate of drug-likeness (QED) is 0.224. The minimum absolute atomic E-state index is 0.385. The first-order valence-electron chi connectivity index (χ1n) is 13.9. The van der Waals surface area contributed by atoms with Gasteiger partial charge in [0.1, 0.15) is 36.0 Å². The molecule has 5 atom stereocenters. The molecule has 0 bridgehead atoms. The molecule has 5 aromatic rings. The molecule has 8 heteroatoms. The highest BCUT2D eigenvalue weighted by Crippen LogP contribution is 2.37. The number of imidazole rings is 1. The maximum atomic E-state index is 10.4. The van der Waals surface area contributed by atoms with Gasteiger partial charge in [-0.25, -0.2) is 4.98 Å². The number of ether oxygens (including phenoxy) is 2. The summed E-state index contributed by atoms with van der Waals surface area (Å²) in [5, 5.41) is 40.1. The van der Waals surface area contributed by atoms with Crippen molar-refractivity contribution in [1.82, 2.24) is 9.55 Å². The SMILES string of the molecule is OCC1OC(Oc2ccc(-c3nc(-c4ccccc4)c(-c4ccccc4)n3Cc3ccccc3)cc2)C(O)C(O)C1O. The number of benzene rings is 4. The van der Waals surface area contributed by atoms with Gasteiger partial charge in [-0.15, -0.1) is 0 Å². The molecule has 0 spiro atoms. The van der Waals surface area contributed by atoms with E-state index in [0.717, 1.165) is 39.5 Å². The van der Waals surface area contributed by atoms with E-state index in [4.69, 9.17) is 14.5 Å². The lowest BCUT2D eigenvalue weighted by Crippen LogP contribution is -2.60. The molecular formula is C34H32N2O6. The predicted octanol–water partition coefficient (Wildman–Crippen LogP) is 4.11. The zero-order valence-electron chi connectivity index (χ0n) is 22.8. The van der Waals surface area contributed by atoms with Crippen LogP contribution in [0.3, 0.4) is 0 Å². The molecule has 0 radical (unpaired) electrons. The molecule has 4 aromatic carbocycles. The minimum atomic E-state index is -1.52. The van der Waals surface area contributed by atoms with E-state index in [2.05, 4.69) is 41.0 Å². The van der Waals surface area contributed by atoms with Crippen molar-refractivity contribution in [2.75, 3.05) is 6.61 Å².